The highest BCUT2D eigenvalue weighted by Gasteiger charge is 2.21. The summed E-state index contributed by atoms with van der Waals surface area (Å²) in [7, 11) is 0. The van der Waals surface area contributed by atoms with Gasteiger partial charge in [-0.2, -0.15) is 0 Å². The van der Waals surface area contributed by atoms with Gasteiger partial charge >= 0.3 is 0 Å². The maximum absolute atomic E-state index is 10.1. The quantitative estimate of drug-likeness (QED) is 0.840. The van der Waals surface area contributed by atoms with E-state index in [0.717, 1.165) is 43.7 Å². The third kappa shape index (κ3) is 3.72. The third-order valence-corrected chi connectivity index (χ3v) is 3.69. The van der Waals surface area contributed by atoms with Gasteiger partial charge in [-0.3, -0.25) is 0 Å². The number of benzene rings is 1. The number of aryl methyl sites for hydroxylation is 1. The Morgan fingerprint density at radius 2 is 2.06 bits per heavy atom. The predicted octanol–water partition coefficient (Wildman–Crippen LogP) is 2.12. The molecule has 1 aromatic rings. The summed E-state index contributed by atoms with van der Waals surface area (Å²) in [5.41, 5.74) is 1.15. The second-order valence-electron chi connectivity index (χ2n) is 5.06. The summed E-state index contributed by atoms with van der Waals surface area (Å²) < 4.78 is 5.72. The van der Waals surface area contributed by atoms with Crippen LogP contribution in [0.25, 0.3) is 0 Å². The first-order chi connectivity index (χ1) is 8.77. The molecule has 1 aliphatic heterocycles. The molecule has 2 rings (SSSR count). The first kappa shape index (κ1) is 13.4. The SMILES string of the molecule is Cc1ccccc1OCCC(O)C1CCNCC1. The number of piperidine rings is 1. The Bertz CT molecular complexity index is 361. The van der Waals surface area contributed by atoms with E-state index in [2.05, 4.69) is 5.32 Å². The van der Waals surface area contributed by atoms with Gasteiger partial charge in [-0.1, -0.05) is 18.2 Å². The number of aliphatic hydroxyl groups excluding tert-OH is 1. The number of hydrogen-bond acceptors (Lipinski definition) is 3. The molecular weight excluding hydrogens is 226 g/mol. The molecule has 0 radical (unpaired) electrons. The van der Waals surface area contributed by atoms with Crippen LogP contribution in [0.3, 0.4) is 0 Å². The minimum atomic E-state index is -0.226. The number of para-hydroxylation sites is 1. The molecule has 0 spiro atoms. The van der Waals surface area contributed by atoms with Crippen molar-refractivity contribution in [2.45, 2.75) is 32.3 Å². The van der Waals surface area contributed by atoms with E-state index >= 15 is 0 Å². The summed E-state index contributed by atoms with van der Waals surface area (Å²) >= 11 is 0. The molecule has 1 aliphatic rings. The van der Waals surface area contributed by atoms with Gasteiger partial charge in [0, 0.05) is 6.42 Å². The zero-order valence-electron chi connectivity index (χ0n) is 11.1. The van der Waals surface area contributed by atoms with Crippen LogP contribution < -0.4 is 10.1 Å². The fraction of sp³-hybridized carbons (Fsp3) is 0.600. The van der Waals surface area contributed by atoms with Crippen molar-refractivity contribution >= 4 is 0 Å². The van der Waals surface area contributed by atoms with Gasteiger partial charge in [-0.25, -0.2) is 0 Å². The van der Waals surface area contributed by atoms with Gasteiger partial charge in [-0.05, 0) is 50.4 Å². The summed E-state index contributed by atoms with van der Waals surface area (Å²) in [4.78, 5) is 0. The summed E-state index contributed by atoms with van der Waals surface area (Å²) in [6.07, 6.45) is 2.65. The summed E-state index contributed by atoms with van der Waals surface area (Å²) in [5.74, 6) is 1.36. The number of rotatable bonds is 5. The van der Waals surface area contributed by atoms with Crippen molar-refractivity contribution < 1.29 is 9.84 Å². The molecular formula is C15H23NO2. The van der Waals surface area contributed by atoms with E-state index in [1.54, 1.807) is 0 Å². The third-order valence-electron chi connectivity index (χ3n) is 3.69. The lowest BCUT2D eigenvalue weighted by molar-refractivity contribution is 0.0673. The number of aliphatic hydroxyl groups is 1. The van der Waals surface area contributed by atoms with E-state index in [1.165, 1.54) is 0 Å². The molecule has 1 heterocycles. The monoisotopic (exact) mass is 249 g/mol. The molecule has 1 atom stereocenters. The second kappa shape index (κ2) is 6.76. The number of nitrogens with one attached hydrogen (secondary N) is 1. The van der Waals surface area contributed by atoms with Gasteiger partial charge < -0.3 is 15.2 Å². The number of ether oxygens (including phenoxy) is 1. The van der Waals surface area contributed by atoms with Crippen LogP contribution in [-0.4, -0.2) is 30.9 Å². The lowest BCUT2D eigenvalue weighted by atomic mass is 9.91. The molecule has 1 aromatic carbocycles. The maximum Gasteiger partial charge on any atom is 0.122 e. The Balaban J connectivity index is 1.73. The minimum absolute atomic E-state index is 0.226. The average molecular weight is 249 g/mol. The van der Waals surface area contributed by atoms with E-state index in [9.17, 15) is 5.11 Å². The molecule has 3 heteroatoms. The maximum atomic E-state index is 10.1. The van der Waals surface area contributed by atoms with Gasteiger partial charge in [-0.15, -0.1) is 0 Å². The molecule has 0 bridgehead atoms. The lowest BCUT2D eigenvalue weighted by Crippen LogP contribution is -2.34. The molecule has 100 valence electrons. The van der Waals surface area contributed by atoms with Crippen LogP contribution in [0.4, 0.5) is 0 Å². The minimum Gasteiger partial charge on any atom is -0.493 e. The number of hydrogen-bond donors (Lipinski definition) is 2. The van der Waals surface area contributed by atoms with Crippen molar-refractivity contribution in [1.82, 2.24) is 5.32 Å². The molecule has 0 saturated carbocycles. The molecule has 18 heavy (non-hydrogen) atoms. The van der Waals surface area contributed by atoms with E-state index in [4.69, 9.17) is 4.74 Å². The first-order valence-electron chi connectivity index (χ1n) is 6.84. The smallest absolute Gasteiger partial charge is 0.122 e. The normalized spacial score (nSPS) is 18.6. The fourth-order valence-corrected chi connectivity index (χ4v) is 2.47. The summed E-state index contributed by atoms with van der Waals surface area (Å²) in [6.45, 7) is 4.69. The van der Waals surface area contributed by atoms with Crippen LogP contribution in [-0.2, 0) is 0 Å². The van der Waals surface area contributed by atoms with Crippen molar-refractivity contribution in [2.75, 3.05) is 19.7 Å². The molecule has 2 N–H and O–H groups in total. The molecule has 1 fully saturated rings. The highest BCUT2D eigenvalue weighted by molar-refractivity contribution is 5.31. The average Bonchev–Trinajstić information content (AvgIpc) is 2.42. The van der Waals surface area contributed by atoms with E-state index < -0.39 is 0 Å². The Morgan fingerprint density at radius 1 is 1.33 bits per heavy atom. The molecule has 3 nitrogen and oxygen atoms in total. The zero-order valence-corrected chi connectivity index (χ0v) is 11.1. The van der Waals surface area contributed by atoms with Gasteiger partial charge in [0.25, 0.3) is 0 Å². The predicted molar refractivity (Wildman–Crippen MR) is 72.9 cm³/mol. The highest BCUT2D eigenvalue weighted by atomic mass is 16.5. The van der Waals surface area contributed by atoms with Crippen LogP contribution in [0, 0.1) is 12.8 Å². The van der Waals surface area contributed by atoms with Crippen molar-refractivity contribution in [2.24, 2.45) is 5.92 Å². The van der Waals surface area contributed by atoms with E-state index in [-0.39, 0.29) is 6.10 Å². The van der Waals surface area contributed by atoms with Crippen LogP contribution in [0.1, 0.15) is 24.8 Å². The first-order valence-corrected chi connectivity index (χ1v) is 6.84. The van der Waals surface area contributed by atoms with Gasteiger partial charge in [0.1, 0.15) is 5.75 Å². The standard InChI is InChI=1S/C15H23NO2/c1-12-4-2-3-5-15(12)18-11-8-14(17)13-6-9-16-10-7-13/h2-5,13-14,16-17H,6-11H2,1H3. The highest BCUT2D eigenvalue weighted by Crippen LogP contribution is 2.20. The van der Waals surface area contributed by atoms with Crippen molar-refractivity contribution in [3.8, 4) is 5.75 Å². The Morgan fingerprint density at radius 3 is 2.78 bits per heavy atom. The molecule has 0 aliphatic carbocycles. The Kier molecular flexibility index (Phi) is 5.02. The van der Waals surface area contributed by atoms with Crippen LogP contribution >= 0.6 is 0 Å². The van der Waals surface area contributed by atoms with E-state index in [0.29, 0.717) is 12.5 Å². The summed E-state index contributed by atoms with van der Waals surface area (Å²) in [6, 6.07) is 8.00. The van der Waals surface area contributed by atoms with E-state index in [1.807, 2.05) is 31.2 Å². The zero-order chi connectivity index (χ0) is 12.8. The second-order valence-corrected chi connectivity index (χ2v) is 5.06. The molecule has 0 amide bonds. The molecule has 1 unspecified atom stereocenters. The van der Waals surface area contributed by atoms with Gasteiger partial charge in [0.2, 0.25) is 0 Å². The van der Waals surface area contributed by atoms with Gasteiger partial charge in [0.15, 0.2) is 0 Å². The van der Waals surface area contributed by atoms with Crippen LogP contribution in [0.2, 0.25) is 0 Å². The van der Waals surface area contributed by atoms with Crippen LogP contribution in [0.5, 0.6) is 5.75 Å². The molecule has 0 aromatic heterocycles. The summed E-state index contributed by atoms with van der Waals surface area (Å²) in [5, 5.41) is 13.4. The van der Waals surface area contributed by atoms with Crippen molar-refractivity contribution in [3.63, 3.8) is 0 Å². The topological polar surface area (TPSA) is 41.5 Å². The fourth-order valence-electron chi connectivity index (χ4n) is 2.47. The largest absolute Gasteiger partial charge is 0.493 e. The van der Waals surface area contributed by atoms with Crippen molar-refractivity contribution in [1.29, 1.82) is 0 Å². The molecule has 1 saturated heterocycles. The lowest BCUT2D eigenvalue weighted by Gasteiger charge is -2.27. The van der Waals surface area contributed by atoms with Crippen LogP contribution in [0.15, 0.2) is 24.3 Å². The Labute approximate surface area is 109 Å². The van der Waals surface area contributed by atoms with Crippen molar-refractivity contribution in [3.05, 3.63) is 29.8 Å². The Hall–Kier alpha value is -1.06. The van der Waals surface area contributed by atoms with Gasteiger partial charge in [0.05, 0.1) is 12.7 Å².